The fourth-order valence-corrected chi connectivity index (χ4v) is 4.41. The van der Waals surface area contributed by atoms with Crippen molar-refractivity contribution < 1.29 is 19.0 Å². The Morgan fingerprint density at radius 3 is 2.66 bits per heavy atom. The van der Waals surface area contributed by atoms with Crippen molar-refractivity contribution in [3.8, 4) is 17.0 Å². The smallest absolute Gasteiger partial charge is 0.259 e. The molecule has 3 atom stereocenters. The van der Waals surface area contributed by atoms with Crippen LogP contribution in [0.25, 0.3) is 11.1 Å². The van der Waals surface area contributed by atoms with Gasteiger partial charge in [-0.2, -0.15) is 0 Å². The number of hydrogen-bond donors (Lipinski definition) is 1. The molecule has 0 saturated heterocycles. The van der Waals surface area contributed by atoms with E-state index in [1.54, 1.807) is 29.3 Å². The molecule has 35 heavy (non-hydrogen) atoms. The molecule has 1 aliphatic rings. The summed E-state index contributed by atoms with van der Waals surface area (Å²) in [5, 5.41) is 9.85. The van der Waals surface area contributed by atoms with Crippen molar-refractivity contribution in [1.82, 2.24) is 14.8 Å². The molecule has 0 aliphatic carbocycles. The first-order valence-corrected chi connectivity index (χ1v) is 11.9. The Labute approximate surface area is 206 Å². The summed E-state index contributed by atoms with van der Waals surface area (Å²) in [6, 6.07) is 17.8. The normalized spacial score (nSPS) is 19.0. The van der Waals surface area contributed by atoms with Crippen molar-refractivity contribution in [1.29, 1.82) is 0 Å². The minimum absolute atomic E-state index is 0.00372. The average Bonchev–Trinajstić information content (AvgIpc) is 2.86. The number of benzene rings is 2. The number of rotatable bonds is 7. The van der Waals surface area contributed by atoms with Crippen molar-refractivity contribution in [3.05, 3.63) is 83.8 Å². The number of likely N-dealkylation sites (N-methyl/N-ethyl adjacent to an activating group) is 1. The first-order valence-electron chi connectivity index (χ1n) is 11.9. The predicted octanol–water partition coefficient (Wildman–Crippen LogP) is 4.24. The highest BCUT2D eigenvalue weighted by Crippen LogP contribution is 2.30. The SMILES string of the molecule is C[C@@H]1CN([C@@H](C)CO)C(=O)c2cc(-c3cccc(F)c3)cnc2O[C@H]1CN(C)Cc1ccccc1. The van der Waals surface area contributed by atoms with Crippen molar-refractivity contribution in [2.75, 3.05) is 26.7 Å². The zero-order valence-electron chi connectivity index (χ0n) is 20.4. The molecule has 6 nitrogen and oxygen atoms in total. The monoisotopic (exact) mass is 477 g/mol. The highest BCUT2D eigenvalue weighted by molar-refractivity contribution is 5.98. The molecule has 0 unspecified atom stereocenters. The molecule has 1 aliphatic heterocycles. The number of carbonyl (C=O) groups is 1. The number of amides is 1. The van der Waals surface area contributed by atoms with Gasteiger partial charge in [0.05, 0.1) is 12.6 Å². The third-order valence-corrected chi connectivity index (χ3v) is 6.47. The molecule has 0 saturated carbocycles. The molecule has 1 N–H and O–H groups in total. The van der Waals surface area contributed by atoms with Crippen LogP contribution in [0.2, 0.25) is 0 Å². The summed E-state index contributed by atoms with van der Waals surface area (Å²) in [5.74, 6) is -0.350. The fraction of sp³-hybridized carbons (Fsp3) is 0.357. The Balaban J connectivity index is 1.66. The van der Waals surface area contributed by atoms with E-state index in [1.807, 2.05) is 32.2 Å². The Bertz CT molecular complexity index is 1160. The van der Waals surface area contributed by atoms with Crippen molar-refractivity contribution in [3.63, 3.8) is 0 Å². The first kappa shape index (κ1) is 24.8. The topological polar surface area (TPSA) is 65.9 Å². The third-order valence-electron chi connectivity index (χ3n) is 6.47. The molecule has 3 aromatic rings. The summed E-state index contributed by atoms with van der Waals surface area (Å²) in [6.07, 6.45) is 1.38. The maximum absolute atomic E-state index is 13.8. The molecular formula is C28H32FN3O3. The van der Waals surface area contributed by atoms with Crippen LogP contribution in [0.15, 0.2) is 66.9 Å². The van der Waals surface area contributed by atoms with Crippen LogP contribution in [0.1, 0.15) is 29.8 Å². The highest BCUT2D eigenvalue weighted by atomic mass is 19.1. The van der Waals surface area contributed by atoms with Crippen LogP contribution >= 0.6 is 0 Å². The van der Waals surface area contributed by atoms with Crippen molar-refractivity contribution in [2.45, 2.75) is 32.5 Å². The van der Waals surface area contributed by atoms with Crippen LogP contribution in [0.3, 0.4) is 0 Å². The number of aliphatic hydroxyl groups is 1. The second-order valence-corrected chi connectivity index (χ2v) is 9.39. The molecule has 7 heteroatoms. The maximum atomic E-state index is 13.8. The summed E-state index contributed by atoms with van der Waals surface area (Å²) >= 11 is 0. The van der Waals surface area contributed by atoms with Crippen LogP contribution in [-0.4, -0.2) is 64.7 Å². The van der Waals surface area contributed by atoms with Gasteiger partial charge >= 0.3 is 0 Å². The minimum atomic E-state index is -0.364. The maximum Gasteiger partial charge on any atom is 0.259 e. The van der Waals surface area contributed by atoms with Crippen molar-refractivity contribution >= 4 is 5.91 Å². The van der Waals surface area contributed by atoms with Gasteiger partial charge < -0.3 is 14.7 Å². The van der Waals surface area contributed by atoms with E-state index in [9.17, 15) is 14.3 Å². The number of fused-ring (bicyclic) bond motifs is 1. The van der Waals surface area contributed by atoms with E-state index in [2.05, 4.69) is 28.9 Å². The second-order valence-electron chi connectivity index (χ2n) is 9.39. The van der Waals surface area contributed by atoms with Crippen LogP contribution < -0.4 is 4.74 Å². The summed E-state index contributed by atoms with van der Waals surface area (Å²) in [4.78, 5) is 21.9. The number of pyridine rings is 1. The molecule has 0 bridgehead atoms. The summed E-state index contributed by atoms with van der Waals surface area (Å²) in [6.45, 7) is 5.57. The minimum Gasteiger partial charge on any atom is -0.472 e. The predicted molar refractivity (Wildman–Crippen MR) is 134 cm³/mol. The first-order chi connectivity index (χ1) is 16.9. The third kappa shape index (κ3) is 5.86. The van der Waals surface area contributed by atoms with Gasteiger partial charge in [-0.1, -0.05) is 49.4 Å². The van der Waals surface area contributed by atoms with Crippen LogP contribution in [0.4, 0.5) is 4.39 Å². The van der Waals surface area contributed by atoms with E-state index in [4.69, 9.17) is 4.74 Å². The van der Waals surface area contributed by atoms with Crippen LogP contribution in [0, 0.1) is 11.7 Å². The molecule has 1 aromatic heterocycles. The van der Waals surface area contributed by atoms with Crippen LogP contribution in [0.5, 0.6) is 5.88 Å². The Morgan fingerprint density at radius 1 is 1.17 bits per heavy atom. The van der Waals surface area contributed by atoms with Gasteiger partial charge in [0.25, 0.3) is 5.91 Å². The van der Waals surface area contributed by atoms with Gasteiger partial charge in [-0.25, -0.2) is 9.37 Å². The lowest BCUT2D eigenvalue weighted by molar-refractivity contribution is 0.0325. The summed E-state index contributed by atoms with van der Waals surface area (Å²) in [7, 11) is 2.04. The Hall–Kier alpha value is -3.29. The number of carbonyl (C=O) groups excluding carboxylic acids is 1. The Kier molecular flexibility index (Phi) is 7.78. The zero-order valence-corrected chi connectivity index (χ0v) is 20.4. The molecule has 2 heterocycles. The van der Waals surface area contributed by atoms with E-state index in [1.165, 1.54) is 17.7 Å². The molecule has 1 amide bonds. The van der Waals surface area contributed by atoms with Crippen molar-refractivity contribution in [2.24, 2.45) is 5.92 Å². The van der Waals surface area contributed by atoms with Gasteiger partial charge in [0.15, 0.2) is 0 Å². The van der Waals surface area contributed by atoms with E-state index in [0.717, 1.165) is 6.54 Å². The van der Waals surface area contributed by atoms with E-state index < -0.39 is 0 Å². The van der Waals surface area contributed by atoms with E-state index >= 15 is 0 Å². The number of ether oxygens (including phenoxy) is 1. The second kappa shape index (κ2) is 11.0. The molecule has 0 radical (unpaired) electrons. The highest BCUT2D eigenvalue weighted by Gasteiger charge is 2.34. The van der Waals surface area contributed by atoms with Gasteiger partial charge in [-0.05, 0) is 43.3 Å². The lowest BCUT2D eigenvalue weighted by atomic mass is 9.99. The molecular weight excluding hydrogens is 445 g/mol. The number of aliphatic hydroxyl groups excluding tert-OH is 1. The summed E-state index contributed by atoms with van der Waals surface area (Å²) in [5.41, 5.74) is 2.78. The molecule has 2 aromatic carbocycles. The van der Waals surface area contributed by atoms with E-state index in [0.29, 0.717) is 29.8 Å². The molecule has 4 rings (SSSR count). The zero-order chi connectivity index (χ0) is 24.9. The van der Waals surface area contributed by atoms with Gasteiger partial charge in [0.2, 0.25) is 5.88 Å². The molecule has 0 fully saturated rings. The molecule has 184 valence electrons. The average molecular weight is 478 g/mol. The van der Waals surface area contributed by atoms with E-state index in [-0.39, 0.29) is 42.3 Å². The number of aromatic nitrogens is 1. The standard InChI is InChI=1S/C28H32FN3O3/c1-19-15-32(20(2)18-33)28(34)25-13-23(22-10-7-11-24(29)12-22)14-30-27(25)35-26(19)17-31(3)16-21-8-5-4-6-9-21/h4-14,19-20,26,33H,15-18H2,1-3H3/t19-,20+,26+/m1/s1. The van der Waals surface area contributed by atoms with Crippen LogP contribution in [-0.2, 0) is 6.54 Å². The lowest BCUT2D eigenvalue weighted by Gasteiger charge is -2.37. The quantitative estimate of drug-likeness (QED) is 0.552. The fourth-order valence-electron chi connectivity index (χ4n) is 4.41. The lowest BCUT2D eigenvalue weighted by Crippen LogP contribution is -2.49. The van der Waals surface area contributed by atoms with Gasteiger partial charge in [0.1, 0.15) is 17.5 Å². The summed E-state index contributed by atoms with van der Waals surface area (Å²) < 4.78 is 20.2. The van der Waals surface area contributed by atoms with Gasteiger partial charge in [-0.15, -0.1) is 0 Å². The Morgan fingerprint density at radius 2 is 1.94 bits per heavy atom. The van der Waals surface area contributed by atoms with Gasteiger partial charge in [-0.3, -0.25) is 9.69 Å². The number of nitrogens with zero attached hydrogens (tertiary/aromatic N) is 3. The number of halogens is 1. The number of hydrogen-bond acceptors (Lipinski definition) is 5. The molecule has 0 spiro atoms. The van der Waals surface area contributed by atoms with Gasteiger partial charge in [0, 0.05) is 37.3 Å². The largest absolute Gasteiger partial charge is 0.472 e.